The molecule has 0 atom stereocenters. The second-order valence-corrected chi connectivity index (χ2v) is 4.53. The highest BCUT2D eigenvalue weighted by molar-refractivity contribution is 14.1. The fourth-order valence-electron chi connectivity index (χ4n) is 1.33. The Kier molecular flexibility index (Phi) is 5.65. The smallest absolute Gasteiger partial charge is 0.261 e. The fourth-order valence-corrected chi connectivity index (χ4v) is 2.02. The summed E-state index contributed by atoms with van der Waals surface area (Å²) in [5.74, 6) is 0.412. The minimum absolute atomic E-state index is 0.0810. The second-order valence-electron chi connectivity index (χ2n) is 3.37. The number of nitrogens with zero attached hydrogens (tertiary/aromatic N) is 1. The zero-order valence-corrected chi connectivity index (χ0v) is 12.3. The van der Waals surface area contributed by atoms with Gasteiger partial charge in [0.25, 0.3) is 5.91 Å². The molecule has 0 bridgehead atoms. The molecule has 0 radical (unpaired) electrons. The van der Waals surface area contributed by atoms with Crippen LogP contribution in [0, 0.1) is 14.9 Å². The Hall–Kier alpha value is -1.55. The van der Waals surface area contributed by atoms with Crippen molar-refractivity contribution in [3.8, 4) is 11.8 Å². The molecule has 94 valence electrons. The molecule has 1 aromatic carbocycles. The molecule has 5 heteroatoms. The summed E-state index contributed by atoms with van der Waals surface area (Å²) >= 11 is 2.16. The Morgan fingerprint density at radius 1 is 1.61 bits per heavy atom. The molecule has 0 heterocycles. The van der Waals surface area contributed by atoms with Crippen molar-refractivity contribution in [1.82, 2.24) is 5.32 Å². The normalized spacial score (nSPS) is 10.7. The Balaban J connectivity index is 3.05. The van der Waals surface area contributed by atoms with E-state index in [0.717, 1.165) is 14.9 Å². The van der Waals surface area contributed by atoms with Crippen molar-refractivity contribution in [1.29, 1.82) is 5.26 Å². The van der Waals surface area contributed by atoms with Crippen LogP contribution in [0.25, 0.3) is 6.08 Å². The van der Waals surface area contributed by atoms with Gasteiger partial charge in [-0.05, 0) is 53.3 Å². The molecule has 18 heavy (non-hydrogen) atoms. The van der Waals surface area contributed by atoms with Crippen LogP contribution in [0.2, 0.25) is 0 Å². The minimum Gasteiger partial charge on any atom is -0.493 e. The lowest BCUT2D eigenvalue weighted by molar-refractivity contribution is -0.116. The zero-order valence-electron chi connectivity index (χ0n) is 10.2. The monoisotopic (exact) mass is 356 g/mol. The number of nitrogens with one attached hydrogen (secondary N) is 1. The van der Waals surface area contributed by atoms with E-state index in [0.29, 0.717) is 6.61 Å². The maximum atomic E-state index is 11.4. The quantitative estimate of drug-likeness (QED) is 0.512. The van der Waals surface area contributed by atoms with E-state index in [4.69, 9.17) is 10.00 Å². The molecule has 0 spiro atoms. The first-order valence-electron chi connectivity index (χ1n) is 5.38. The second kappa shape index (κ2) is 7.01. The summed E-state index contributed by atoms with van der Waals surface area (Å²) in [5, 5.41) is 11.3. The average molecular weight is 356 g/mol. The lowest BCUT2D eigenvalue weighted by Gasteiger charge is -2.06. The van der Waals surface area contributed by atoms with Crippen LogP contribution in [0.3, 0.4) is 0 Å². The standard InChI is InChI=1S/C13H13IN2O2/c1-3-18-12-5-4-9(7-11(12)14)6-10(8-15)13(17)16-2/h4-7H,3H2,1-2H3,(H,16,17)/b10-6-. The van der Waals surface area contributed by atoms with Crippen molar-refractivity contribution < 1.29 is 9.53 Å². The lowest BCUT2D eigenvalue weighted by Crippen LogP contribution is -2.19. The summed E-state index contributed by atoms with van der Waals surface area (Å²) in [6.45, 7) is 2.52. The summed E-state index contributed by atoms with van der Waals surface area (Å²) in [7, 11) is 1.50. The van der Waals surface area contributed by atoms with Crippen molar-refractivity contribution in [3.05, 3.63) is 32.9 Å². The van der Waals surface area contributed by atoms with Gasteiger partial charge in [-0.15, -0.1) is 0 Å². The first-order chi connectivity index (χ1) is 8.62. The van der Waals surface area contributed by atoms with Crippen molar-refractivity contribution in [2.24, 2.45) is 0 Å². The number of carbonyl (C=O) groups excluding carboxylic acids is 1. The summed E-state index contributed by atoms with van der Waals surface area (Å²) in [6, 6.07) is 7.38. The molecule has 0 unspecified atom stereocenters. The van der Waals surface area contributed by atoms with E-state index in [2.05, 4.69) is 27.9 Å². The van der Waals surface area contributed by atoms with Gasteiger partial charge in [-0.1, -0.05) is 6.07 Å². The van der Waals surface area contributed by atoms with Crippen LogP contribution in [0.4, 0.5) is 0 Å². The molecule has 1 N–H and O–H groups in total. The molecule has 1 aromatic rings. The topological polar surface area (TPSA) is 62.1 Å². The van der Waals surface area contributed by atoms with Crippen LogP contribution in [-0.2, 0) is 4.79 Å². The first-order valence-corrected chi connectivity index (χ1v) is 6.46. The van der Waals surface area contributed by atoms with Crippen LogP contribution in [0.5, 0.6) is 5.75 Å². The molecule has 0 saturated carbocycles. The Morgan fingerprint density at radius 3 is 2.83 bits per heavy atom. The zero-order chi connectivity index (χ0) is 13.5. The van der Waals surface area contributed by atoms with E-state index in [1.54, 1.807) is 6.08 Å². The van der Waals surface area contributed by atoms with Crippen LogP contribution in [-0.4, -0.2) is 19.6 Å². The Labute approximate surface area is 120 Å². The third kappa shape index (κ3) is 3.74. The van der Waals surface area contributed by atoms with Gasteiger partial charge in [0.1, 0.15) is 17.4 Å². The maximum Gasteiger partial charge on any atom is 0.261 e. The number of hydrogen-bond donors (Lipinski definition) is 1. The van der Waals surface area contributed by atoms with Gasteiger partial charge in [-0.25, -0.2) is 0 Å². The summed E-state index contributed by atoms with van der Waals surface area (Å²) in [6.07, 6.45) is 1.55. The summed E-state index contributed by atoms with van der Waals surface area (Å²) in [5.41, 5.74) is 0.875. The number of halogens is 1. The van der Waals surface area contributed by atoms with E-state index in [1.165, 1.54) is 7.05 Å². The fraction of sp³-hybridized carbons (Fsp3) is 0.231. The largest absolute Gasteiger partial charge is 0.493 e. The summed E-state index contributed by atoms with van der Waals surface area (Å²) in [4.78, 5) is 11.4. The van der Waals surface area contributed by atoms with Crippen molar-refractivity contribution >= 4 is 34.6 Å². The predicted molar refractivity (Wildman–Crippen MR) is 78.0 cm³/mol. The van der Waals surface area contributed by atoms with E-state index >= 15 is 0 Å². The van der Waals surface area contributed by atoms with E-state index in [9.17, 15) is 4.79 Å². The third-order valence-corrected chi connectivity index (χ3v) is 3.00. The van der Waals surface area contributed by atoms with Gasteiger partial charge >= 0.3 is 0 Å². The Bertz CT molecular complexity index is 518. The molecule has 0 saturated heterocycles. The van der Waals surface area contributed by atoms with Crippen molar-refractivity contribution in [2.45, 2.75) is 6.92 Å². The Morgan fingerprint density at radius 2 is 2.33 bits per heavy atom. The number of likely N-dealkylation sites (N-methyl/N-ethyl adjacent to an activating group) is 1. The molecule has 0 aliphatic carbocycles. The van der Waals surface area contributed by atoms with Gasteiger partial charge in [0.15, 0.2) is 0 Å². The van der Waals surface area contributed by atoms with Gasteiger partial charge in [0.05, 0.1) is 10.2 Å². The van der Waals surface area contributed by atoms with Crippen LogP contribution >= 0.6 is 22.6 Å². The van der Waals surface area contributed by atoms with Crippen molar-refractivity contribution in [3.63, 3.8) is 0 Å². The maximum absolute atomic E-state index is 11.4. The SMILES string of the molecule is CCOc1ccc(/C=C(/C#N)C(=O)NC)cc1I. The molecular formula is C13H13IN2O2. The lowest BCUT2D eigenvalue weighted by atomic mass is 10.1. The van der Waals surface area contributed by atoms with Gasteiger partial charge in [-0.3, -0.25) is 4.79 Å². The highest BCUT2D eigenvalue weighted by Gasteiger charge is 2.07. The number of carbonyl (C=O) groups is 1. The van der Waals surface area contributed by atoms with Crippen LogP contribution in [0.1, 0.15) is 12.5 Å². The van der Waals surface area contributed by atoms with Gasteiger partial charge in [0.2, 0.25) is 0 Å². The highest BCUT2D eigenvalue weighted by atomic mass is 127. The average Bonchev–Trinajstić information content (AvgIpc) is 2.38. The van der Waals surface area contributed by atoms with Gasteiger partial charge in [0, 0.05) is 7.05 Å². The highest BCUT2D eigenvalue weighted by Crippen LogP contribution is 2.23. The minimum atomic E-state index is -0.388. The number of ether oxygens (including phenoxy) is 1. The van der Waals surface area contributed by atoms with Crippen LogP contribution < -0.4 is 10.1 Å². The van der Waals surface area contributed by atoms with E-state index in [-0.39, 0.29) is 11.5 Å². The van der Waals surface area contributed by atoms with E-state index < -0.39 is 0 Å². The number of rotatable bonds is 4. The van der Waals surface area contributed by atoms with E-state index in [1.807, 2.05) is 31.2 Å². The van der Waals surface area contributed by atoms with Gasteiger partial charge in [-0.2, -0.15) is 5.26 Å². The first kappa shape index (κ1) is 14.5. The van der Waals surface area contributed by atoms with Crippen molar-refractivity contribution in [2.75, 3.05) is 13.7 Å². The molecule has 4 nitrogen and oxygen atoms in total. The number of benzene rings is 1. The molecule has 0 aliphatic heterocycles. The third-order valence-electron chi connectivity index (χ3n) is 2.16. The predicted octanol–water partition coefficient (Wildman–Crippen LogP) is 2.34. The van der Waals surface area contributed by atoms with Crippen LogP contribution in [0.15, 0.2) is 23.8 Å². The molecule has 0 aliphatic rings. The number of hydrogen-bond acceptors (Lipinski definition) is 3. The summed E-state index contributed by atoms with van der Waals surface area (Å²) < 4.78 is 6.36. The molecule has 0 fully saturated rings. The number of nitriles is 1. The number of amides is 1. The molecule has 1 amide bonds. The molecule has 0 aromatic heterocycles. The van der Waals surface area contributed by atoms with Gasteiger partial charge < -0.3 is 10.1 Å². The molecular weight excluding hydrogens is 343 g/mol. The molecule has 1 rings (SSSR count).